The van der Waals surface area contributed by atoms with Gasteiger partial charge in [0.1, 0.15) is 0 Å². The van der Waals surface area contributed by atoms with E-state index in [0.29, 0.717) is 23.4 Å². The maximum Gasteiger partial charge on any atom is 0.251 e. The fourth-order valence-corrected chi connectivity index (χ4v) is 2.37. The van der Waals surface area contributed by atoms with E-state index in [1.807, 2.05) is 12.1 Å². The maximum atomic E-state index is 12.0. The Bertz CT molecular complexity index is 796. The van der Waals surface area contributed by atoms with E-state index in [9.17, 15) is 9.90 Å². The van der Waals surface area contributed by atoms with Crippen LogP contribution in [0.3, 0.4) is 0 Å². The molecule has 0 aliphatic rings. The Kier molecular flexibility index (Phi) is 3.78. The molecular formula is C15H12IN3O2. The van der Waals surface area contributed by atoms with Crippen LogP contribution in [0.4, 0.5) is 0 Å². The second-order valence-electron chi connectivity index (χ2n) is 4.55. The van der Waals surface area contributed by atoms with Gasteiger partial charge in [-0.1, -0.05) is 0 Å². The number of aromatic hydroxyl groups is 1. The summed E-state index contributed by atoms with van der Waals surface area (Å²) >= 11 is 2.19. The number of carbonyl (C=O) groups excluding carboxylic acids is 1. The molecule has 0 saturated carbocycles. The van der Waals surface area contributed by atoms with Crippen LogP contribution in [-0.4, -0.2) is 20.4 Å². The number of fused-ring (bicyclic) bond motifs is 1. The van der Waals surface area contributed by atoms with E-state index in [0.717, 1.165) is 3.57 Å². The number of pyridine rings is 1. The second kappa shape index (κ2) is 5.72. The molecule has 21 heavy (non-hydrogen) atoms. The van der Waals surface area contributed by atoms with Gasteiger partial charge in [0.05, 0.1) is 12.2 Å². The number of nitrogens with zero attached hydrogens (tertiary/aromatic N) is 2. The third kappa shape index (κ3) is 2.99. The van der Waals surface area contributed by atoms with Crippen molar-refractivity contribution >= 4 is 34.1 Å². The molecule has 0 spiro atoms. The van der Waals surface area contributed by atoms with Crippen LogP contribution in [0.1, 0.15) is 16.1 Å². The van der Waals surface area contributed by atoms with E-state index in [-0.39, 0.29) is 11.7 Å². The summed E-state index contributed by atoms with van der Waals surface area (Å²) in [5, 5.41) is 12.5. The van der Waals surface area contributed by atoms with Crippen LogP contribution in [0.25, 0.3) is 5.65 Å². The van der Waals surface area contributed by atoms with E-state index >= 15 is 0 Å². The van der Waals surface area contributed by atoms with Gasteiger partial charge in [0.2, 0.25) is 0 Å². The van der Waals surface area contributed by atoms with Crippen LogP contribution < -0.4 is 5.32 Å². The SMILES string of the molecule is O=C(NCc1cn2cccc(O)c2n1)c1ccc(I)cc1. The Morgan fingerprint density at radius 2 is 2.05 bits per heavy atom. The lowest BCUT2D eigenvalue weighted by Gasteiger charge is -2.03. The fraction of sp³-hybridized carbons (Fsp3) is 0.0667. The normalized spacial score (nSPS) is 10.7. The molecule has 1 amide bonds. The van der Waals surface area contributed by atoms with Gasteiger partial charge in [-0.25, -0.2) is 4.98 Å². The highest BCUT2D eigenvalue weighted by atomic mass is 127. The Morgan fingerprint density at radius 3 is 2.76 bits per heavy atom. The first kappa shape index (κ1) is 13.9. The van der Waals surface area contributed by atoms with Crippen molar-refractivity contribution in [1.29, 1.82) is 0 Å². The van der Waals surface area contributed by atoms with Gasteiger partial charge in [-0.05, 0) is 59.0 Å². The molecular weight excluding hydrogens is 381 g/mol. The zero-order valence-corrected chi connectivity index (χ0v) is 13.1. The molecule has 0 radical (unpaired) electrons. The average molecular weight is 393 g/mol. The fourth-order valence-electron chi connectivity index (χ4n) is 2.01. The first-order chi connectivity index (χ1) is 10.1. The predicted octanol–water partition coefficient (Wildman–Crippen LogP) is 2.57. The van der Waals surface area contributed by atoms with Crippen molar-refractivity contribution in [2.24, 2.45) is 0 Å². The van der Waals surface area contributed by atoms with Gasteiger partial charge in [-0.3, -0.25) is 4.79 Å². The lowest BCUT2D eigenvalue weighted by Crippen LogP contribution is -2.22. The Morgan fingerprint density at radius 1 is 1.29 bits per heavy atom. The summed E-state index contributed by atoms with van der Waals surface area (Å²) in [6.07, 6.45) is 3.58. The molecule has 0 saturated heterocycles. The van der Waals surface area contributed by atoms with Gasteiger partial charge in [-0.15, -0.1) is 0 Å². The van der Waals surface area contributed by atoms with Crippen molar-refractivity contribution in [2.75, 3.05) is 0 Å². The maximum absolute atomic E-state index is 12.0. The minimum atomic E-state index is -0.146. The quantitative estimate of drug-likeness (QED) is 0.673. The summed E-state index contributed by atoms with van der Waals surface area (Å²) in [6.45, 7) is 0.311. The molecule has 2 heterocycles. The summed E-state index contributed by atoms with van der Waals surface area (Å²) in [5.74, 6) is -0.0274. The largest absolute Gasteiger partial charge is 0.504 e. The summed E-state index contributed by atoms with van der Waals surface area (Å²) in [5.41, 5.74) is 1.79. The Labute approximate surface area is 134 Å². The van der Waals surface area contributed by atoms with Crippen LogP contribution in [0.5, 0.6) is 5.75 Å². The molecule has 0 atom stereocenters. The van der Waals surface area contributed by atoms with Crippen LogP contribution in [0, 0.1) is 3.57 Å². The summed E-state index contributed by atoms with van der Waals surface area (Å²) in [7, 11) is 0. The standard InChI is InChI=1S/C15H12IN3O2/c16-11-5-3-10(4-6-11)15(21)17-8-12-9-19-7-1-2-13(20)14(19)18-12/h1-7,9,20H,8H2,(H,17,21). The second-order valence-corrected chi connectivity index (χ2v) is 5.79. The van der Waals surface area contributed by atoms with Crippen molar-refractivity contribution in [3.63, 3.8) is 0 Å². The van der Waals surface area contributed by atoms with E-state index < -0.39 is 0 Å². The first-order valence-electron chi connectivity index (χ1n) is 6.33. The average Bonchev–Trinajstić information content (AvgIpc) is 2.90. The topological polar surface area (TPSA) is 66.6 Å². The van der Waals surface area contributed by atoms with Gasteiger partial charge < -0.3 is 14.8 Å². The molecule has 2 aromatic heterocycles. The molecule has 5 nitrogen and oxygen atoms in total. The van der Waals surface area contributed by atoms with Crippen LogP contribution in [0.2, 0.25) is 0 Å². The molecule has 0 aliphatic heterocycles. The first-order valence-corrected chi connectivity index (χ1v) is 7.41. The van der Waals surface area contributed by atoms with Gasteiger partial charge in [0, 0.05) is 21.5 Å². The number of halogens is 1. The highest BCUT2D eigenvalue weighted by molar-refractivity contribution is 14.1. The van der Waals surface area contributed by atoms with E-state index in [1.165, 1.54) is 0 Å². The van der Waals surface area contributed by atoms with Crippen LogP contribution in [-0.2, 0) is 6.54 Å². The van der Waals surface area contributed by atoms with E-state index in [1.54, 1.807) is 41.1 Å². The molecule has 6 heteroatoms. The third-order valence-electron chi connectivity index (χ3n) is 3.05. The number of hydrogen-bond donors (Lipinski definition) is 2. The molecule has 2 N–H and O–H groups in total. The summed E-state index contributed by atoms with van der Waals surface area (Å²) in [6, 6.07) is 10.7. The summed E-state index contributed by atoms with van der Waals surface area (Å²) < 4.78 is 2.81. The molecule has 0 unspecified atom stereocenters. The van der Waals surface area contributed by atoms with Crippen molar-refractivity contribution < 1.29 is 9.90 Å². The van der Waals surface area contributed by atoms with Crippen molar-refractivity contribution in [1.82, 2.24) is 14.7 Å². The monoisotopic (exact) mass is 393 g/mol. The number of amides is 1. The number of carbonyl (C=O) groups is 1. The third-order valence-corrected chi connectivity index (χ3v) is 3.77. The molecule has 0 fully saturated rings. The zero-order valence-electron chi connectivity index (χ0n) is 11.0. The van der Waals surface area contributed by atoms with Crippen molar-refractivity contribution in [2.45, 2.75) is 6.54 Å². The number of imidazole rings is 1. The smallest absolute Gasteiger partial charge is 0.251 e. The summed E-state index contributed by atoms with van der Waals surface area (Å²) in [4.78, 5) is 16.3. The zero-order chi connectivity index (χ0) is 14.8. The molecule has 1 aromatic carbocycles. The minimum Gasteiger partial charge on any atom is -0.504 e. The van der Waals surface area contributed by atoms with Crippen molar-refractivity contribution in [3.8, 4) is 5.75 Å². The lowest BCUT2D eigenvalue weighted by atomic mass is 10.2. The van der Waals surface area contributed by atoms with E-state index in [4.69, 9.17) is 0 Å². The highest BCUT2D eigenvalue weighted by Gasteiger charge is 2.08. The Hall–Kier alpha value is -2.09. The highest BCUT2D eigenvalue weighted by Crippen LogP contribution is 2.16. The van der Waals surface area contributed by atoms with Crippen molar-refractivity contribution in [3.05, 3.63) is 63.6 Å². The predicted molar refractivity (Wildman–Crippen MR) is 87.2 cm³/mol. The van der Waals surface area contributed by atoms with Gasteiger partial charge >= 0.3 is 0 Å². The van der Waals surface area contributed by atoms with Crippen LogP contribution in [0.15, 0.2) is 48.8 Å². The molecule has 106 valence electrons. The Balaban J connectivity index is 1.72. The van der Waals surface area contributed by atoms with Crippen LogP contribution >= 0.6 is 22.6 Å². The molecule has 0 bridgehead atoms. The van der Waals surface area contributed by atoms with Gasteiger partial charge in [0.25, 0.3) is 5.91 Å². The number of benzene rings is 1. The van der Waals surface area contributed by atoms with Gasteiger partial charge in [0.15, 0.2) is 11.4 Å². The van der Waals surface area contributed by atoms with E-state index in [2.05, 4.69) is 32.9 Å². The lowest BCUT2D eigenvalue weighted by molar-refractivity contribution is 0.0950. The molecule has 3 aromatic rings. The number of aromatic nitrogens is 2. The number of nitrogens with one attached hydrogen (secondary N) is 1. The number of hydrogen-bond acceptors (Lipinski definition) is 3. The molecule has 3 rings (SSSR count). The number of rotatable bonds is 3. The van der Waals surface area contributed by atoms with Gasteiger partial charge in [-0.2, -0.15) is 0 Å². The molecule has 0 aliphatic carbocycles. The minimum absolute atomic E-state index is 0.118.